The van der Waals surface area contributed by atoms with Crippen LogP contribution in [0.5, 0.6) is 0 Å². The lowest BCUT2D eigenvalue weighted by molar-refractivity contribution is -0.302. The lowest BCUT2D eigenvalue weighted by atomic mass is 9.99. The molecule has 1 amide bonds. The number of allylic oxidation sites excluding steroid dienone is 19. The number of aliphatic hydroxyl groups is 5. The molecule has 1 saturated heterocycles. The number of amides is 1. The maximum Gasteiger partial charge on any atom is 0.220 e. The van der Waals surface area contributed by atoms with Crippen LogP contribution in [0, 0.1) is 0 Å². The second-order valence-electron chi connectivity index (χ2n) is 20.4. The van der Waals surface area contributed by atoms with Crippen LogP contribution in [0.25, 0.3) is 0 Å². The van der Waals surface area contributed by atoms with E-state index in [1.165, 1.54) is 122 Å². The third-order valence-corrected chi connectivity index (χ3v) is 13.5. The molecule has 0 aromatic rings. The maximum absolute atomic E-state index is 13.1. The lowest BCUT2D eigenvalue weighted by Crippen LogP contribution is -2.60. The second kappa shape index (κ2) is 54.0. The summed E-state index contributed by atoms with van der Waals surface area (Å²) in [7, 11) is 0. The first-order valence-electron chi connectivity index (χ1n) is 30.3. The minimum Gasteiger partial charge on any atom is -0.394 e. The Labute approximate surface area is 458 Å². The molecule has 0 aromatic carbocycles. The molecule has 0 spiro atoms. The summed E-state index contributed by atoms with van der Waals surface area (Å²) in [6, 6.07) is -0.846. The van der Waals surface area contributed by atoms with Gasteiger partial charge in [-0.3, -0.25) is 4.79 Å². The number of carbonyl (C=O) groups is 1. The molecule has 1 rings (SSSR count). The number of nitrogens with one attached hydrogen (secondary N) is 1. The molecular weight excluding hydrogens is 935 g/mol. The van der Waals surface area contributed by atoms with E-state index < -0.39 is 49.5 Å². The Morgan fingerprint density at radius 2 is 0.827 bits per heavy atom. The Balaban J connectivity index is 2.29. The molecule has 0 aromatic heterocycles. The number of rotatable bonds is 50. The standard InChI is InChI=1S/C66H111NO8/c1-3-5-7-9-11-13-15-17-19-21-23-25-27-28-29-30-31-32-34-36-38-40-42-44-46-48-50-52-54-56-62(70)67-59(58-74-66-65(73)64(72)63(71)61(57-68)75-66)60(69)55-53-51-49-47-45-43-41-39-37-35-33-26-24-22-20-18-16-14-12-10-8-6-4-2/h5,7,11,13,17,19,23,25,28-29,31-32,36,38,42,44,48,50,53,55,59-61,63-66,68-69,71-73H,3-4,6,8-10,12,14-16,18,20-22,24,26-27,30,33-35,37,39-41,43,45-47,49,51-52,54,56-58H2,1-2H3,(H,67,70)/b7-5-,13-11-,19-17-,25-23-,29-28-,32-31-,38-36-,44-42-,50-48-,55-53+. The average molecular weight is 1050 g/mol. The fraction of sp³-hybridized carbons (Fsp3) is 0.682. The molecule has 0 radical (unpaired) electrons. The zero-order valence-corrected chi connectivity index (χ0v) is 47.5. The van der Waals surface area contributed by atoms with Crippen LogP contribution in [-0.4, -0.2) is 87.5 Å². The van der Waals surface area contributed by atoms with Gasteiger partial charge in [0.1, 0.15) is 24.4 Å². The summed E-state index contributed by atoms with van der Waals surface area (Å²) >= 11 is 0. The molecule has 0 saturated carbocycles. The molecule has 75 heavy (non-hydrogen) atoms. The Hall–Kier alpha value is -3.41. The first-order chi connectivity index (χ1) is 36.8. The topological polar surface area (TPSA) is 149 Å². The predicted octanol–water partition coefficient (Wildman–Crippen LogP) is 15.5. The van der Waals surface area contributed by atoms with Gasteiger partial charge in [0.25, 0.3) is 0 Å². The molecule has 6 N–H and O–H groups in total. The van der Waals surface area contributed by atoms with Crippen molar-refractivity contribution in [1.29, 1.82) is 0 Å². The van der Waals surface area contributed by atoms with Crippen LogP contribution in [0.2, 0.25) is 0 Å². The predicted molar refractivity (Wildman–Crippen MR) is 317 cm³/mol. The summed E-state index contributed by atoms with van der Waals surface area (Å²) in [5, 5.41) is 54.5. The fourth-order valence-corrected chi connectivity index (χ4v) is 8.81. The molecule has 1 heterocycles. The first-order valence-corrected chi connectivity index (χ1v) is 30.3. The summed E-state index contributed by atoms with van der Waals surface area (Å²) < 4.78 is 11.3. The van der Waals surface area contributed by atoms with Crippen LogP contribution in [0.15, 0.2) is 122 Å². The molecule has 1 fully saturated rings. The highest BCUT2D eigenvalue weighted by atomic mass is 16.7. The van der Waals surface area contributed by atoms with Gasteiger partial charge in [-0.1, -0.05) is 264 Å². The largest absolute Gasteiger partial charge is 0.394 e. The third kappa shape index (κ3) is 43.3. The summed E-state index contributed by atoms with van der Waals surface area (Å²) in [4.78, 5) is 13.1. The van der Waals surface area contributed by atoms with Crippen LogP contribution >= 0.6 is 0 Å². The van der Waals surface area contributed by atoms with Gasteiger partial charge in [-0.05, 0) is 83.5 Å². The van der Waals surface area contributed by atoms with Gasteiger partial charge in [-0.2, -0.15) is 0 Å². The smallest absolute Gasteiger partial charge is 0.220 e. The molecule has 9 heteroatoms. The average Bonchev–Trinajstić information content (AvgIpc) is 3.41. The van der Waals surface area contributed by atoms with E-state index in [2.05, 4.69) is 129 Å². The number of aliphatic hydroxyl groups excluding tert-OH is 5. The molecule has 7 atom stereocenters. The van der Waals surface area contributed by atoms with Gasteiger partial charge in [-0.25, -0.2) is 0 Å². The zero-order valence-electron chi connectivity index (χ0n) is 47.5. The van der Waals surface area contributed by atoms with Crippen LogP contribution in [0.4, 0.5) is 0 Å². The van der Waals surface area contributed by atoms with E-state index in [1.807, 2.05) is 6.08 Å². The van der Waals surface area contributed by atoms with Gasteiger partial charge in [0.15, 0.2) is 6.29 Å². The van der Waals surface area contributed by atoms with Gasteiger partial charge < -0.3 is 40.3 Å². The number of carbonyl (C=O) groups excluding carboxylic acids is 1. The van der Waals surface area contributed by atoms with Crippen molar-refractivity contribution in [3.8, 4) is 0 Å². The number of hydrogen-bond acceptors (Lipinski definition) is 8. The third-order valence-electron chi connectivity index (χ3n) is 13.5. The van der Waals surface area contributed by atoms with Crippen molar-refractivity contribution in [2.24, 2.45) is 0 Å². The number of hydrogen-bond donors (Lipinski definition) is 6. The summed E-state index contributed by atoms with van der Waals surface area (Å²) in [6.07, 6.45) is 74.1. The molecule has 0 aliphatic carbocycles. The Bertz CT molecular complexity index is 1590. The van der Waals surface area contributed by atoms with Gasteiger partial charge >= 0.3 is 0 Å². The molecule has 7 unspecified atom stereocenters. The number of ether oxygens (including phenoxy) is 2. The van der Waals surface area contributed by atoms with Crippen molar-refractivity contribution in [1.82, 2.24) is 5.32 Å². The molecule has 0 bridgehead atoms. The molecule has 428 valence electrons. The van der Waals surface area contributed by atoms with Crippen molar-refractivity contribution in [2.45, 2.75) is 275 Å². The highest BCUT2D eigenvalue weighted by molar-refractivity contribution is 5.76. The SMILES string of the molecule is CC/C=C\C/C=C\C/C=C\C/C=C\C/C=C\C/C=C\C/C=C\C/C=C\C/C=C\CCCC(=O)NC(COC1OC(CO)C(O)C(O)C1O)C(O)/C=C/CCCCCCCCCCCCCCCCCCCCCCC. The van der Waals surface area contributed by atoms with Crippen LogP contribution in [-0.2, 0) is 14.3 Å². The molecule has 1 aliphatic heterocycles. The normalized spacial score (nSPS) is 19.8. The van der Waals surface area contributed by atoms with Crippen molar-refractivity contribution in [2.75, 3.05) is 13.2 Å². The van der Waals surface area contributed by atoms with E-state index in [9.17, 15) is 30.3 Å². The summed E-state index contributed by atoms with van der Waals surface area (Å²) in [5.74, 6) is -0.238. The van der Waals surface area contributed by atoms with E-state index in [-0.39, 0.29) is 18.9 Å². The molecule has 9 nitrogen and oxygen atoms in total. The Morgan fingerprint density at radius 3 is 1.21 bits per heavy atom. The fourth-order valence-electron chi connectivity index (χ4n) is 8.81. The maximum atomic E-state index is 13.1. The van der Waals surface area contributed by atoms with E-state index in [0.29, 0.717) is 6.42 Å². The second-order valence-corrected chi connectivity index (χ2v) is 20.4. The van der Waals surface area contributed by atoms with Gasteiger partial charge in [0.05, 0.1) is 25.4 Å². The van der Waals surface area contributed by atoms with Crippen LogP contribution < -0.4 is 5.32 Å². The molecular formula is C66H111NO8. The van der Waals surface area contributed by atoms with Crippen molar-refractivity contribution in [3.63, 3.8) is 0 Å². The highest BCUT2D eigenvalue weighted by Gasteiger charge is 2.44. The summed E-state index contributed by atoms with van der Waals surface area (Å²) in [5.41, 5.74) is 0. The molecule has 1 aliphatic rings. The van der Waals surface area contributed by atoms with Gasteiger partial charge in [0, 0.05) is 6.42 Å². The van der Waals surface area contributed by atoms with Crippen LogP contribution in [0.3, 0.4) is 0 Å². The van der Waals surface area contributed by atoms with E-state index in [1.54, 1.807) is 6.08 Å². The van der Waals surface area contributed by atoms with E-state index >= 15 is 0 Å². The van der Waals surface area contributed by atoms with Crippen molar-refractivity contribution >= 4 is 5.91 Å². The Morgan fingerprint density at radius 1 is 0.467 bits per heavy atom. The highest BCUT2D eigenvalue weighted by Crippen LogP contribution is 2.23. The van der Waals surface area contributed by atoms with Crippen LogP contribution in [0.1, 0.15) is 232 Å². The quantitative estimate of drug-likeness (QED) is 0.0261. The number of unbranched alkanes of at least 4 members (excludes halogenated alkanes) is 22. The van der Waals surface area contributed by atoms with Gasteiger partial charge in [-0.15, -0.1) is 0 Å². The van der Waals surface area contributed by atoms with E-state index in [4.69, 9.17) is 9.47 Å². The van der Waals surface area contributed by atoms with E-state index in [0.717, 1.165) is 83.5 Å². The van der Waals surface area contributed by atoms with Crippen molar-refractivity contribution < 1.29 is 39.8 Å². The van der Waals surface area contributed by atoms with Gasteiger partial charge in [0.2, 0.25) is 5.91 Å². The minimum absolute atomic E-state index is 0.219. The van der Waals surface area contributed by atoms with Crippen molar-refractivity contribution in [3.05, 3.63) is 122 Å². The first kappa shape index (κ1) is 69.6. The summed E-state index contributed by atoms with van der Waals surface area (Å²) in [6.45, 7) is 3.64. The zero-order chi connectivity index (χ0) is 54.3. The Kier molecular flexibility index (Phi) is 50.1. The minimum atomic E-state index is -1.59. The monoisotopic (exact) mass is 1050 g/mol. The lowest BCUT2D eigenvalue weighted by Gasteiger charge is -2.40.